The third-order valence-electron chi connectivity index (χ3n) is 4.24. The second-order valence-corrected chi connectivity index (χ2v) is 6.83. The van der Waals surface area contributed by atoms with Gasteiger partial charge in [-0.25, -0.2) is 0 Å². The van der Waals surface area contributed by atoms with Crippen molar-refractivity contribution >= 4 is 41.5 Å². The van der Waals surface area contributed by atoms with Gasteiger partial charge in [-0.1, -0.05) is 30.7 Å². The Morgan fingerprint density at radius 2 is 1.88 bits per heavy atom. The number of nitrogens with one attached hydrogen (secondary N) is 2. The first kappa shape index (κ1) is 22.5. The Labute approximate surface area is 173 Å². The Bertz CT molecular complexity index is 520. The molecule has 1 aromatic rings. The lowest BCUT2D eigenvalue weighted by Crippen LogP contribution is -2.44. The second-order valence-electron chi connectivity index (χ2n) is 6.39. The number of morpholine rings is 1. The monoisotopic (exact) mass is 480 g/mol. The van der Waals surface area contributed by atoms with Gasteiger partial charge in [-0.3, -0.25) is 9.89 Å². The zero-order chi connectivity index (χ0) is 17.4. The molecule has 0 aliphatic carbocycles. The molecule has 0 amide bonds. The molecule has 7 heteroatoms. The molecule has 2 N–H and O–H groups in total. The Morgan fingerprint density at radius 1 is 1.24 bits per heavy atom. The highest BCUT2D eigenvalue weighted by atomic mass is 127. The molecule has 0 spiro atoms. The standard InChI is InChI=1S/C18H29ClN4O.HI/c1-14(13-23-8-10-24-11-9-23)12-21-18(20-3)22-15(2)16-4-6-17(19)7-5-16;/h4-7,14-15H,8-13H2,1-3H3,(H2,20,21,22);1H. The van der Waals surface area contributed by atoms with Crippen LogP contribution in [0, 0.1) is 5.92 Å². The van der Waals surface area contributed by atoms with Crippen molar-refractivity contribution in [2.75, 3.05) is 46.4 Å². The van der Waals surface area contributed by atoms with Crippen LogP contribution in [0.5, 0.6) is 0 Å². The third kappa shape index (κ3) is 8.11. The molecule has 1 aliphatic heterocycles. The molecule has 1 fully saturated rings. The fourth-order valence-electron chi connectivity index (χ4n) is 2.79. The zero-order valence-electron chi connectivity index (χ0n) is 15.3. The number of halogens is 2. The normalized spacial score (nSPS) is 18.2. The van der Waals surface area contributed by atoms with Gasteiger partial charge in [0.15, 0.2) is 5.96 Å². The lowest BCUT2D eigenvalue weighted by Gasteiger charge is -2.29. The van der Waals surface area contributed by atoms with Gasteiger partial charge in [-0.15, -0.1) is 24.0 Å². The summed E-state index contributed by atoms with van der Waals surface area (Å²) in [4.78, 5) is 6.79. The van der Waals surface area contributed by atoms with Crippen LogP contribution >= 0.6 is 35.6 Å². The van der Waals surface area contributed by atoms with Gasteiger partial charge < -0.3 is 15.4 Å². The maximum atomic E-state index is 5.95. The van der Waals surface area contributed by atoms with Crippen LogP contribution in [0.25, 0.3) is 0 Å². The van der Waals surface area contributed by atoms with E-state index in [0.717, 1.165) is 50.4 Å². The quantitative estimate of drug-likeness (QED) is 0.373. The number of benzene rings is 1. The molecule has 1 saturated heterocycles. The average Bonchev–Trinajstić information content (AvgIpc) is 2.60. The molecule has 0 aromatic heterocycles. The Morgan fingerprint density at radius 3 is 2.48 bits per heavy atom. The average molecular weight is 481 g/mol. The van der Waals surface area contributed by atoms with E-state index in [-0.39, 0.29) is 30.0 Å². The lowest BCUT2D eigenvalue weighted by atomic mass is 10.1. The van der Waals surface area contributed by atoms with Crippen LogP contribution in [0.3, 0.4) is 0 Å². The minimum atomic E-state index is 0. The van der Waals surface area contributed by atoms with Gasteiger partial charge in [0.25, 0.3) is 0 Å². The van der Waals surface area contributed by atoms with Gasteiger partial charge in [0, 0.05) is 38.2 Å². The molecule has 25 heavy (non-hydrogen) atoms. The van der Waals surface area contributed by atoms with Gasteiger partial charge in [0.05, 0.1) is 19.3 Å². The Kier molecular flexibility index (Phi) is 10.7. The molecule has 0 bridgehead atoms. The second kappa shape index (κ2) is 11.9. The zero-order valence-corrected chi connectivity index (χ0v) is 18.4. The molecule has 2 atom stereocenters. The topological polar surface area (TPSA) is 48.9 Å². The highest BCUT2D eigenvalue weighted by Gasteiger charge is 2.14. The Balaban J connectivity index is 0.00000312. The first-order chi connectivity index (χ1) is 11.6. The molecule has 142 valence electrons. The summed E-state index contributed by atoms with van der Waals surface area (Å²) in [5, 5.41) is 7.60. The van der Waals surface area contributed by atoms with Gasteiger partial charge in [-0.2, -0.15) is 0 Å². The van der Waals surface area contributed by atoms with Gasteiger partial charge in [-0.05, 0) is 30.5 Å². The van der Waals surface area contributed by atoms with Crippen LogP contribution in [-0.2, 0) is 4.74 Å². The maximum Gasteiger partial charge on any atom is 0.191 e. The number of aliphatic imine (C=N–C) groups is 1. The van der Waals surface area contributed by atoms with Crippen LogP contribution in [0.2, 0.25) is 5.02 Å². The molecule has 1 aromatic carbocycles. The van der Waals surface area contributed by atoms with Crippen molar-refractivity contribution in [1.82, 2.24) is 15.5 Å². The molecule has 5 nitrogen and oxygen atoms in total. The van der Waals surface area contributed by atoms with Gasteiger partial charge >= 0.3 is 0 Å². The van der Waals surface area contributed by atoms with Crippen LogP contribution < -0.4 is 10.6 Å². The van der Waals surface area contributed by atoms with E-state index in [4.69, 9.17) is 16.3 Å². The first-order valence-corrected chi connectivity index (χ1v) is 8.99. The van der Waals surface area contributed by atoms with Crippen molar-refractivity contribution in [1.29, 1.82) is 0 Å². The summed E-state index contributed by atoms with van der Waals surface area (Å²) in [5.74, 6) is 1.37. The number of ether oxygens (including phenoxy) is 1. The summed E-state index contributed by atoms with van der Waals surface area (Å²) >= 11 is 5.95. The number of guanidine groups is 1. The SMILES string of the molecule is CN=C(NCC(C)CN1CCOCC1)NC(C)c1ccc(Cl)cc1.I. The highest BCUT2D eigenvalue weighted by Crippen LogP contribution is 2.15. The van der Waals surface area contributed by atoms with Crippen molar-refractivity contribution in [3.8, 4) is 0 Å². The van der Waals surface area contributed by atoms with E-state index in [0.29, 0.717) is 5.92 Å². The van der Waals surface area contributed by atoms with Crippen molar-refractivity contribution in [3.63, 3.8) is 0 Å². The molecule has 2 unspecified atom stereocenters. The summed E-state index contributed by atoms with van der Waals surface area (Å²) in [6.45, 7) is 10.1. The van der Waals surface area contributed by atoms with Gasteiger partial charge in [0.2, 0.25) is 0 Å². The molecule has 0 saturated carbocycles. The van der Waals surface area contributed by atoms with E-state index in [2.05, 4.69) is 34.4 Å². The number of rotatable bonds is 6. The van der Waals surface area contributed by atoms with Crippen LogP contribution in [0.15, 0.2) is 29.3 Å². The minimum Gasteiger partial charge on any atom is -0.379 e. The molecule has 2 rings (SSSR count). The summed E-state index contributed by atoms with van der Waals surface area (Å²) < 4.78 is 5.40. The van der Waals surface area contributed by atoms with Crippen LogP contribution in [-0.4, -0.2) is 57.3 Å². The van der Waals surface area contributed by atoms with E-state index >= 15 is 0 Å². The van der Waals surface area contributed by atoms with Crippen molar-refractivity contribution in [3.05, 3.63) is 34.9 Å². The molecule has 1 heterocycles. The highest BCUT2D eigenvalue weighted by molar-refractivity contribution is 14.0. The van der Waals surface area contributed by atoms with E-state index < -0.39 is 0 Å². The first-order valence-electron chi connectivity index (χ1n) is 8.61. The molecule has 0 radical (unpaired) electrons. The molecular formula is C18H30ClIN4O. The van der Waals surface area contributed by atoms with Gasteiger partial charge in [0.1, 0.15) is 0 Å². The summed E-state index contributed by atoms with van der Waals surface area (Å²) in [5.41, 5.74) is 1.18. The minimum absolute atomic E-state index is 0. The number of hydrogen-bond donors (Lipinski definition) is 2. The number of hydrogen-bond acceptors (Lipinski definition) is 3. The van der Waals surface area contributed by atoms with Crippen molar-refractivity contribution < 1.29 is 4.74 Å². The van der Waals surface area contributed by atoms with Crippen molar-refractivity contribution in [2.45, 2.75) is 19.9 Å². The van der Waals surface area contributed by atoms with Crippen molar-refractivity contribution in [2.24, 2.45) is 10.9 Å². The van der Waals surface area contributed by atoms with E-state index in [1.54, 1.807) is 7.05 Å². The smallest absolute Gasteiger partial charge is 0.191 e. The summed E-state index contributed by atoms with van der Waals surface area (Å²) in [6.07, 6.45) is 0. The van der Waals surface area contributed by atoms with E-state index in [9.17, 15) is 0 Å². The van der Waals surface area contributed by atoms with Crippen LogP contribution in [0.1, 0.15) is 25.5 Å². The predicted octanol–water partition coefficient (Wildman–Crippen LogP) is 3.15. The number of nitrogens with zero attached hydrogens (tertiary/aromatic N) is 2. The lowest BCUT2D eigenvalue weighted by molar-refractivity contribution is 0.0320. The summed E-state index contributed by atoms with van der Waals surface area (Å²) in [7, 11) is 1.80. The third-order valence-corrected chi connectivity index (χ3v) is 4.49. The fraction of sp³-hybridized carbons (Fsp3) is 0.611. The summed E-state index contributed by atoms with van der Waals surface area (Å²) in [6, 6.07) is 8.07. The largest absolute Gasteiger partial charge is 0.379 e. The molecular weight excluding hydrogens is 451 g/mol. The Hall–Kier alpha value is -0.570. The molecule has 1 aliphatic rings. The fourth-order valence-corrected chi connectivity index (χ4v) is 2.92. The van der Waals surface area contributed by atoms with Crippen LogP contribution in [0.4, 0.5) is 0 Å². The van der Waals surface area contributed by atoms with E-state index in [1.807, 2.05) is 24.3 Å². The maximum absolute atomic E-state index is 5.95. The predicted molar refractivity (Wildman–Crippen MR) is 116 cm³/mol. The van der Waals surface area contributed by atoms with E-state index in [1.165, 1.54) is 5.56 Å².